The van der Waals surface area contributed by atoms with Gasteiger partial charge in [-0.3, -0.25) is 4.79 Å². The van der Waals surface area contributed by atoms with E-state index in [-0.39, 0.29) is 23.3 Å². The molecule has 2 rings (SSSR count). The SMILES string of the molecule is CCCCCOc1ccc(S(=O)(=O)N2CCCC(C(=O)NCCN)C2)cc1. The van der Waals surface area contributed by atoms with Crippen LogP contribution in [0.25, 0.3) is 0 Å². The van der Waals surface area contributed by atoms with Crippen LogP contribution < -0.4 is 15.8 Å². The first-order valence-electron chi connectivity index (χ1n) is 9.69. The molecule has 1 unspecified atom stereocenters. The van der Waals surface area contributed by atoms with Gasteiger partial charge < -0.3 is 15.8 Å². The molecule has 1 fully saturated rings. The summed E-state index contributed by atoms with van der Waals surface area (Å²) in [5.41, 5.74) is 5.41. The van der Waals surface area contributed by atoms with Crippen molar-refractivity contribution in [2.24, 2.45) is 11.7 Å². The highest BCUT2D eigenvalue weighted by molar-refractivity contribution is 7.89. The Bertz CT molecular complexity index is 691. The van der Waals surface area contributed by atoms with Crippen molar-refractivity contribution in [3.05, 3.63) is 24.3 Å². The number of nitrogens with zero attached hydrogens (tertiary/aromatic N) is 1. The number of carbonyl (C=O) groups excluding carboxylic acids is 1. The summed E-state index contributed by atoms with van der Waals surface area (Å²) in [6.07, 6.45) is 4.58. The van der Waals surface area contributed by atoms with Crippen LogP contribution in [0.15, 0.2) is 29.2 Å². The highest BCUT2D eigenvalue weighted by Crippen LogP contribution is 2.25. The third-order valence-electron chi connectivity index (χ3n) is 4.68. The Morgan fingerprint density at radius 2 is 2.04 bits per heavy atom. The van der Waals surface area contributed by atoms with Crippen molar-refractivity contribution >= 4 is 15.9 Å². The van der Waals surface area contributed by atoms with Gasteiger partial charge in [0.2, 0.25) is 15.9 Å². The van der Waals surface area contributed by atoms with E-state index in [9.17, 15) is 13.2 Å². The molecule has 27 heavy (non-hydrogen) atoms. The smallest absolute Gasteiger partial charge is 0.243 e. The number of piperidine rings is 1. The number of unbranched alkanes of at least 4 members (excludes halogenated alkanes) is 2. The molecule has 1 atom stereocenters. The lowest BCUT2D eigenvalue weighted by atomic mass is 9.99. The second-order valence-corrected chi connectivity index (χ2v) is 8.75. The average Bonchev–Trinajstić information content (AvgIpc) is 2.70. The van der Waals surface area contributed by atoms with E-state index in [1.165, 1.54) is 4.31 Å². The molecule has 1 aliphatic heterocycles. The predicted octanol–water partition coefficient (Wildman–Crippen LogP) is 1.73. The maximum Gasteiger partial charge on any atom is 0.243 e. The number of carbonyl (C=O) groups is 1. The van der Waals surface area contributed by atoms with Gasteiger partial charge in [0, 0.05) is 26.2 Å². The van der Waals surface area contributed by atoms with E-state index >= 15 is 0 Å². The van der Waals surface area contributed by atoms with E-state index in [0.717, 1.165) is 19.3 Å². The third kappa shape index (κ3) is 6.19. The van der Waals surface area contributed by atoms with Crippen LogP contribution in [0.5, 0.6) is 5.75 Å². The Morgan fingerprint density at radius 1 is 1.30 bits per heavy atom. The van der Waals surface area contributed by atoms with Crippen molar-refractivity contribution in [2.45, 2.75) is 43.9 Å². The molecule has 0 bridgehead atoms. The van der Waals surface area contributed by atoms with Crippen molar-refractivity contribution in [2.75, 3.05) is 32.8 Å². The zero-order valence-electron chi connectivity index (χ0n) is 16.0. The fourth-order valence-electron chi connectivity index (χ4n) is 3.11. The van der Waals surface area contributed by atoms with Crippen LogP contribution in [0.1, 0.15) is 39.0 Å². The number of nitrogens with two attached hydrogens (primary N) is 1. The maximum absolute atomic E-state index is 12.9. The van der Waals surface area contributed by atoms with Crippen molar-refractivity contribution < 1.29 is 17.9 Å². The highest BCUT2D eigenvalue weighted by atomic mass is 32.2. The summed E-state index contributed by atoms with van der Waals surface area (Å²) in [6.45, 7) is 4.17. The fourth-order valence-corrected chi connectivity index (χ4v) is 4.64. The number of nitrogens with one attached hydrogen (secondary N) is 1. The van der Waals surface area contributed by atoms with Gasteiger partial charge in [0.05, 0.1) is 17.4 Å². The first-order valence-corrected chi connectivity index (χ1v) is 11.1. The fraction of sp³-hybridized carbons (Fsp3) is 0.632. The largest absolute Gasteiger partial charge is 0.494 e. The van der Waals surface area contributed by atoms with Gasteiger partial charge in [-0.25, -0.2) is 8.42 Å². The molecular formula is C19H31N3O4S. The summed E-state index contributed by atoms with van der Waals surface area (Å²) in [6, 6.07) is 6.52. The summed E-state index contributed by atoms with van der Waals surface area (Å²) in [7, 11) is -3.62. The lowest BCUT2D eigenvalue weighted by Crippen LogP contribution is -2.46. The number of hydrogen-bond acceptors (Lipinski definition) is 5. The molecule has 1 aliphatic rings. The highest BCUT2D eigenvalue weighted by Gasteiger charge is 2.33. The van der Waals surface area contributed by atoms with Gasteiger partial charge in [0.15, 0.2) is 0 Å². The zero-order chi connectivity index (χ0) is 19.7. The zero-order valence-corrected chi connectivity index (χ0v) is 16.8. The van der Waals surface area contributed by atoms with E-state index in [1.54, 1.807) is 24.3 Å². The molecule has 1 aromatic carbocycles. The first kappa shape index (κ1) is 21.7. The quantitative estimate of drug-likeness (QED) is 0.586. The number of amides is 1. The summed E-state index contributed by atoms with van der Waals surface area (Å²) >= 11 is 0. The second-order valence-electron chi connectivity index (χ2n) is 6.81. The summed E-state index contributed by atoms with van der Waals surface area (Å²) in [4.78, 5) is 12.4. The summed E-state index contributed by atoms with van der Waals surface area (Å²) < 4.78 is 32.9. The van der Waals surface area contributed by atoms with Crippen LogP contribution in [0, 0.1) is 5.92 Å². The standard InChI is InChI=1S/C19H31N3O4S/c1-2-3-4-14-26-17-7-9-18(10-8-17)27(24,25)22-13-5-6-16(15-22)19(23)21-12-11-20/h7-10,16H,2-6,11-15,20H2,1H3,(H,21,23). The van der Waals surface area contributed by atoms with Crippen LogP contribution in [0.2, 0.25) is 0 Å². The molecule has 0 radical (unpaired) electrons. The monoisotopic (exact) mass is 397 g/mol. The molecule has 0 aromatic heterocycles. The Kier molecular flexibility index (Phi) is 8.53. The van der Waals surface area contributed by atoms with E-state index in [4.69, 9.17) is 10.5 Å². The maximum atomic E-state index is 12.9. The predicted molar refractivity (Wildman–Crippen MR) is 105 cm³/mol. The number of benzene rings is 1. The minimum Gasteiger partial charge on any atom is -0.494 e. The second kappa shape index (κ2) is 10.6. The number of rotatable bonds is 10. The van der Waals surface area contributed by atoms with Crippen LogP contribution in [0.4, 0.5) is 0 Å². The Labute approximate surface area is 162 Å². The number of hydrogen-bond donors (Lipinski definition) is 2. The van der Waals surface area contributed by atoms with Gasteiger partial charge in [-0.2, -0.15) is 4.31 Å². The van der Waals surface area contributed by atoms with Gasteiger partial charge in [0.25, 0.3) is 0 Å². The van der Waals surface area contributed by atoms with E-state index in [1.807, 2.05) is 0 Å². The third-order valence-corrected chi connectivity index (χ3v) is 6.56. The van der Waals surface area contributed by atoms with Gasteiger partial charge in [-0.1, -0.05) is 19.8 Å². The molecule has 1 saturated heterocycles. The molecule has 8 heteroatoms. The Balaban J connectivity index is 1.98. The van der Waals surface area contributed by atoms with E-state index in [2.05, 4.69) is 12.2 Å². The molecule has 1 heterocycles. The summed E-state index contributed by atoms with van der Waals surface area (Å²) in [5.74, 6) is 0.208. The average molecular weight is 398 g/mol. The van der Waals surface area contributed by atoms with Crippen molar-refractivity contribution in [3.63, 3.8) is 0 Å². The molecule has 1 aromatic rings. The number of ether oxygens (including phenoxy) is 1. The van der Waals surface area contributed by atoms with Crippen LogP contribution in [0.3, 0.4) is 0 Å². The van der Waals surface area contributed by atoms with Crippen molar-refractivity contribution in [1.82, 2.24) is 9.62 Å². The van der Waals surface area contributed by atoms with Gasteiger partial charge in [-0.15, -0.1) is 0 Å². The molecule has 7 nitrogen and oxygen atoms in total. The molecular weight excluding hydrogens is 366 g/mol. The Hall–Kier alpha value is -1.64. The molecule has 0 saturated carbocycles. The summed E-state index contributed by atoms with van der Waals surface area (Å²) in [5, 5.41) is 2.75. The van der Waals surface area contributed by atoms with Gasteiger partial charge in [0.1, 0.15) is 5.75 Å². The van der Waals surface area contributed by atoms with Crippen LogP contribution >= 0.6 is 0 Å². The lowest BCUT2D eigenvalue weighted by molar-refractivity contribution is -0.126. The first-order chi connectivity index (χ1) is 13.0. The van der Waals surface area contributed by atoms with Crippen molar-refractivity contribution in [3.8, 4) is 5.75 Å². The minimum absolute atomic E-state index is 0.129. The lowest BCUT2D eigenvalue weighted by Gasteiger charge is -2.31. The molecule has 0 aliphatic carbocycles. The molecule has 152 valence electrons. The van der Waals surface area contributed by atoms with E-state index in [0.29, 0.717) is 44.8 Å². The van der Waals surface area contributed by atoms with Gasteiger partial charge in [-0.05, 0) is 43.5 Å². The van der Waals surface area contributed by atoms with E-state index < -0.39 is 10.0 Å². The topological polar surface area (TPSA) is 102 Å². The van der Waals surface area contributed by atoms with Gasteiger partial charge >= 0.3 is 0 Å². The normalized spacial score (nSPS) is 18.2. The molecule has 0 spiro atoms. The minimum atomic E-state index is -3.62. The molecule has 3 N–H and O–H groups in total. The van der Waals surface area contributed by atoms with Crippen LogP contribution in [-0.4, -0.2) is 51.4 Å². The number of sulfonamides is 1. The van der Waals surface area contributed by atoms with Crippen LogP contribution in [-0.2, 0) is 14.8 Å². The van der Waals surface area contributed by atoms with Crippen molar-refractivity contribution in [1.29, 1.82) is 0 Å². The Morgan fingerprint density at radius 3 is 2.70 bits per heavy atom. The molecule has 1 amide bonds.